The number of aliphatic hydroxyl groups is 4. The van der Waals surface area contributed by atoms with Gasteiger partial charge >= 0.3 is 11.9 Å². The number of aromatic nitrogens is 3. The number of carbonyl (C=O) groups is 2. The Balaban J connectivity index is 1.94. The Kier molecular flexibility index (Phi) is 18.2. The zero-order valence-corrected chi connectivity index (χ0v) is 30.1. The Morgan fingerprint density at radius 3 is 2.43 bits per heavy atom. The fourth-order valence-electron chi connectivity index (χ4n) is 5.35. The molecule has 11 heteroatoms. The quantitative estimate of drug-likeness (QED) is 0.0865. The monoisotopic (exact) mass is 683 g/mol. The smallest absolute Gasteiger partial charge is 0.331 e. The molecule has 0 bridgehead atoms. The van der Waals surface area contributed by atoms with E-state index in [0.29, 0.717) is 37.9 Å². The minimum atomic E-state index is -1.07. The third-order valence-corrected chi connectivity index (χ3v) is 8.26. The molecule has 0 aliphatic carbocycles. The molecule has 0 saturated heterocycles. The van der Waals surface area contributed by atoms with Gasteiger partial charge in [-0.3, -0.25) is 9.48 Å². The molecular weight excluding hydrogens is 626 g/mol. The number of ether oxygens (including phenoxy) is 2. The van der Waals surface area contributed by atoms with Crippen LogP contribution in [0.5, 0.6) is 0 Å². The predicted molar refractivity (Wildman–Crippen MR) is 189 cm³/mol. The first-order chi connectivity index (χ1) is 23.1. The number of aliphatic hydroxyl groups excluding tert-OH is 4. The zero-order chi connectivity index (χ0) is 36.5. The van der Waals surface area contributed by atoms with Gasteiger partial charge < -0.3 is 29.9 Å². The van der Waals surface area contributed by atoms with Gasteiger partial charge in [-0.2, -0.15) is 0 Å². The second kappa shape index (κ2) is 21.4. The van der Waals surface area contributed by atoms with Crippen LogP contribution in [0.3, 0.4) is 0 Å². The Morgan fingerprint density at radius 1 is 1.04 bits per heavy atom. The van der Waals surface area contributed by atoms with E-state index >= 15 is 0 Å². The highest BCUT2D eigenvalue weighted by Gasteiger charge is 2.25. The molecule has 0 aromatic carbocycles. The molecule has 2 heterocycles. The van der Waals surface area contributed by atoms with E-state index in [-0.39, 0.29) is 42.9 Å². The minimum Gasteiger partial charge on any atom is -0.462 e. The maximum atomic E-state index is 12.8. The summed E-state index contributed by atoms with van der Waals surface area (Å²) in [5.74, 6) is -0.702. The molecular formula is C38H57N3O8. The molecule has 1 aromatic rings. The van der Waals surface area contributed by atoms with Gasteiger partial charge in [0.2, 0.25) is 0 Å². The van der Waals surface area contributed by atoms with Crippen molar-refractivity contribution in [2.24, 2.45) is 11.8 Å². The number of rotatable bonds is 14. The molecule has 8 atom stereocenters. The molecule has 0 amide bonds. The average molecular weight is 684 g/mol. The fourth-order valence-corrected chi connectivity index (χ4v) is 5.35. The molecule has 1 aliphatic heterocycles. The van der Waals surface area contributed by atoms with Gasteiger partial charge in [-0.05, 0) is 59.8 Å². The predicted octanol–water partition coefficient (Wildman–Crippen LogP) is 5.39. The van der Waals surface area contributed by atoms with E-state index in [0.717, 1.165) is 16.7 Å². The van der Waals surface area contributed by atoms with Crippen molar-refractivity contribution in [2.75, 3.05) is 0 Å². The largest absolute Gasteiger partial charge is 0.462 e. The number of esters is 2. The summed E-state index contributed by atoms with van der Waals surface area (Å²) in [5, 5.41) is 47.2. The summed E-state index contributed by atoms with van der Waals surface area (Å²) in [5.41, 5.74) is 3.07. The zero-order valence-electron chi connectivity index (χ0n) is 30.1. The highest BCUT2D eigenvalue weighted by atomic mass is 16.5. The Hall–Kier alpha value is -3.64. The van der Waals surface area contributed by atoms with Crippen LogP contribution in [0.1, 0.15) is 98.8 Å². The summed E-state index contributed by atoms with van der Waals surface area (Å²) in [4.78, 5) is 25.5. The summed E-state index contributed by atoms with van der Waals surface area (Å²) in [6.45, 7) is 13.4. The van der Waals surface area contributed by atoms with Gasteiger partial charge in [-0.15, -0.1) is 5.10 Å². The highest BCUT2D eigenvalue weighted by Crippen LogP contribution is 2.23. The molecule has 272 valence electrons. The normalized spacial score (nSPS) is 24.4. The third kappa shape index (κ3) is 16.5. The van der Waals surface area contributed by atoms with Crippen molar-refractivity contribution in [3.8, 4) is 0 Å². The molecule has 11 nitrogen and oxygen atoms in total. The van der Waals surface area contributed by atoms with Crippen LogP contribution in [-0.4, -0.2) is 77.9 Å². The van der Waals surface area contributed by atoms with E-state index < -0.39 is 30.4 Å². The molecule has 1 aliphatic rings. The lowest BCUT2D eigenvalue weighted by atomic mass is 9.94. The third-order valence-electron chi connectivity index (χ3n) is 8.26. The molecule has 4 N–H and O–H groups in total. The molecule has 0 spiro atoms. The molecule has 2 rings (SSSR count). The van der Waals surface area contributed by atoms with Crippen LogP contribution in [-0.2, 0) is 25.6 Å². The minimum absolute atomic E-state index is 0.0270. The standard InChI is InChI=1S/C38H57N3O8/c1-25(12-10-13-26(2)21-33(44)34(45)22-30(6)42)20-27(3)18-19-38(47)48-35-16-11-17-37(46)49-36(15-9-8-14-28(35)4)29(5)23-41-24-32(31(7)43)39-40-41/h8-10,12-13,18-21,24,28-31,33-36,42-45H,11,14-17,22-23H2,1-7H3/b9-8+,13-10+,19-18+,25-12+,26-21+,27-20+/t28-,29-,30-,31-,33-,34+,35-,36?/m0/s1. The first-order valence-corrected chi connectivity index (χ1v) is 17.2. The van der Waals surface area contributed by atoms with E-state index in [1.54, 1.807) is 36.9 Å². The SMILES string of the molecule is CC(=C\C=C\C(C)=C\[C@H](O)[C@H](O)C[C@H](C)O)/C=C(C)/C=C/C(=O)O[C@H]1CCCC(=O)OC([C@@H](C)Cn2cc([C@H](C)O)nn2)C/C=C/C[C@@H]1C. The van der Waals surface area contributed by atoms with Gasteiger partial charge in [0.05, 0.1) is 30.6 Å². The molecule has 1 aromatic heterocycles. The Labute approximate surface area is 291 Å². The molecule has 0 fully saturated rings. The average Bonchev–Trinajstić information content (AvgIpc) is 3.48. The van der Waals surface area contributed by atoms with Crippen LogP contribution in [0.25, 0.3) is 0 Å². The van der Waals surface area contributed by atoms with Crippen molar-refractivity contribution in [2.45, 2.75) is 130 Å². The second-order valence-corrected chi connectivity index (χ2v) is 13.4. The number of allylic oxidation sites excluding steroid dienone is 9. The summed E-state index contributed by atoms with van der Waals surface area (Å²) >= 11 is 0. The van der Waals surface area contributed by atoms with Gasteiger partial charge in [0.25, 0.3) is 0 Å². The lowest BCUT2D eigenvalue weighted by Crippen LogP contribution is -2.29. The van der Waals surface area contributed by atoms with E-state index in [2.05, 4.69) is 16.4 Å². The van der Waals surface area contributed by atoms with Crippen LogP contribution < -0.4 is 0 Å². The second-order valence-electron chi connectivity index (χ2n) is 13.4. The van der Waals surface area contributed by atoms with E-state index in [4.69, 9.17) is 9.47 Å². The summed E-state index contributed by atoms with van der Waals surface area (Å²) in [7, 11) is 0. The number of nitrogens with zero attached hydrogens (tertiary/aromatic N) is 3. The van der Waals surface area contributed by atoms with Crippen LogP contribution in [0, 0.1) is 11.8 Å². The molecule has 1 unspecified atom stereocenters. The maximum absolute atomic E-state index is 12.8. The van der Waals surface area contributed by atoms with Crippen LogP contribution >= 0.6 is 0 Å². The van der Waals surface area contributed by atoms with Gasteiger partial charge in [0, 0.05) is 37.8 Å². The summed E-state index contributed by atoms with van der Waals surface area (Å²) in [6, 6.07) is 0. The highest BCUT2D eigenvalue weighted by molar-refractivity contribution is 5.82. The van der Waals surface area contributed by atoms with E-state index in [1.807, 2.05) is 65.0 Å². The van der Waals surface area contributed by atoms with E-state index in [9.17, 15) is 30.0 Å². The van der Waals surface area contributed by atoms with Gasteiger partial charge in [-0.25, -0.2) is 4.79 Å². The first kappa shape index (κ1) is 41.5. The maximum Gasteiger partial charge on any atom is 0.331 e. The van der Waals surface area contributed by atoms with Crippen molar-refractivity contribution >= 4 is 11.9 Å². The van der Waals surface area contributed by atoms with Gasteiger partial charge in [-0.1, -0.05) is 84.4 Å². The topological polar surface area (TPSA) is 164 Å². The van der Waals surface area contributed by atoms with Crippen molar-refractivity contribution in [3.05, 3.63) is 83.3 Å². The van der Waals surface area contributed by atoms with Crippen LogP contribution in [0.4, 0.5) is 0 Å². The molecule has 0 saturated carbocycles. The van der Waals surface area contributed by atoms with Gasteiger partial charge in [0.15, 0.2) is 0 Å². The lowest BCUT2D eigenvalue weighted by Gasteiger charge is -2.26. The van der Waals surface area contributed by atoms with Crippen molar-refractivity contribution in [3.63, 3.8) is 0 Å². The van der Waals surface area contributed by atoms with Gasteiger partial charge in [0.1, 0.15) is 17.9 Å². The summed E-state index contributed by atoms with van der Waals surface area (Å²) in [6.07, 6.45) is 16.4. The number of cyclic esters (lactones) is 1. The van der Waals surface area contributed by atoms with Crippen molar-refractivity contribution < 1.29 is 39.5 Å². The van der Waals surface area contributed by atoms with Crippen LogP contribution in [0.2, 0.25) is 0 Å². The lowest BCUT2D eigenvalue weighted by molar-refractivity contribution is -0.152. The van der Waals surface area contributed by atoms with Crippen molar-refractivity contribution in [1.82, 2.24) is 15.0 Å². The van der Waals surface area contributed by atoms with Crippen molar-refractivity contribution in [1.29, 1.82) is 0 Å². The molecule has 49 heavy (non-hydrogen) atoms. The fraction of sp³-hybridized carbons (Fsp3) is 0.579. The molecule has 0 radical (unpaired) electrons. The number of hydrogen-bond acceptors (Lipinski definition) is 10. The Morgan fingerprint density at radius 2 is 1.76 bits per heavy atom. The summed E-state index contributed by atoms with van der Waals surface area (Å²) < 4.78 is 13.4. The first-order valence-electron chi connectivity index (χ1n) is 17.2. The Bertz CT molecular complexity index is 1370. The number of carbonyl (C=O) groups excluding carboxylic acids is 2. The van der Waals surface area contributed by atoms with E-state index in [1.165, 1.54) is 6.08 Å². The number of hydrogen-bond donors (Lipinski definition) is 4. The van der Waals surface area contributed by atoms with Crippen LogP contribution in [0.15, 0.2) is 77.6 Å².